The predicted molar refractivity (Wildman–Crippen MR) is 86.9 cm³/mol. The molecule has 4 heteroatoms. The van der Waals surface area contributed by atoms with Crippen molar-refractivity contribution in [1.29, 1.82) is 0 Å². The van der Waals surface area contributed by atoms with E-state index < -0.39 is 0 Å². The zero-order chi connectivity index (χ0) is 14.9. The van der Waals surface area contributed by atoms with Gasteiger partial charge in [0.1, 0.15) is 5.69 Å². The second-order valence-corrected chi connectivity index (χ2v) is 6.29. The molecule has 3 aromatic rings. The largest absolute Gasteiger partial charge is 0.440 e. The van der Waals surface area contributed by atoms with Crippen LogP contribution in [0, 0.1) is 0 Å². The molecule has 1 N–H and O–H groups in total. The highest BCUT2D eigenvalue weighted by molar-refractivity contribution is 7.99. The number of nitrogens with zero attached hydrogens (tertiary/aromatic N) is 1. The van der Waals surface area contributed by atoms with Crippen molar-refractivity contribution in [3.8, 4) is 22.6 Å². The third-order valence-electron chi connectivity index (χ3n) is 3.71. The maximum atomic E-state index is 9.02. The summed E-state index contributed by atoms with van der Waals surface area (Å²) >= 11 is 1.75. The Labute approximate surface area is 133 Å². The minimum absolute atomic E-state index is 0.149. The average molecular weight is 309 g/mol. The molecular weight excluding hydrogens is 294 g/mol. The van der Waals surface area contributed by atoms with Crippen molar-refractivity contribution in [3.05, 3.63) is 54.4 Å². The van der Waals surface area contributed by atoms with Gasteiger partial charge in [-0.05, 0) is 18.6 Å². The third kappa shape index (κ3) is 2.25. The Morgan fingerprint density at radius 2 is 1.64 bits per heavy atom. The predicted octanol–water partition coefficient (Wildman–Crippen LogP) is 4.40. The van der Waals surface area contributed by atoms with Crippen LogP contribution >= 0.6 is 11.8 Å². The number of hydrogen-bond donors (Lipinski definition) is 1. The van der Waals surface area contributed by atoms with E-state index in [2.05, 4.69) is 24.3 Å². The van der Waals surface area contributed by atoms with Crippen molar-refractivity contribution < 1.29 is 9.52 Å². The molecule has 4 rings (SSSR count). The molecule has 0 bridgehead atoms. The van der Waals surface area contributed by atoms with Crippen LogP contribution in [0.4, 0.5) is 0 Å². The summed E-state index contributed by atoms with van der Waals surface area (Å²) < 4.78 is 6.04. The third-order valence-corrected chi connectivity index (χ3v) is 4.87. The average Bonchev–Trinajstić information content (AvgIpc) is 2.92. The molecule has 0 atom stereocenters. The van der Waals surface area contributed by atoms with Crippen LogP contribution < -0.4 is 0 Å². The molecule has 2 aromatic carbocycles. The molecule has 1 aliphatic rings. The molecule has 0 amide bonds. The van der Waals surface area contributed by atoms with Gasteiger partial charge >= 0.3 is 0 Å². The Balaban J connectivity index is 1.94. The van der Waals surface area contributed by atoms with E-state index in [1.807, 2.05) is 24.3 Å². The fourth-order valence-electron chi connectivity index (χ4n) is 2.68. The van der Waals surface area contributed by atoms with Crippen molar-refractivity contribution in [2.75, 3.05) is 6.61 Å². The molecule has 0 unspecified atom stereocenters. The van der Waals surface area contributed by atoms with E-state index in [0.29, 0.717) is 18.7 Å². The lowest BCUT2D eigenvalue weighted by molar-refractivity contribution is 0.283. The van der Waals surface area contributed by atoms with Crippen LogP contribution in [-0.4, -0.2) is 16.7 Å². The molecule has 110 valence electrons. The Hall–Kier alpha value is -2.04. The highest BCUT2D eigenvalue weighted by atomic mass is 32.2. The van der Waals surface area contributed by atoms with E-state index >= 15 is 0 Å². The molecule has 0 radical (unpaired) electrons. The zero-order valence-corrected chi connectivity index (χ0v) is 12.8. The molecule has 0 saturated heterocycles. The summed E-state index contributed by atoms with van der Waals surface area (Å²) in [5.74, 6) is 1.52. The molecule has 0 saturated carbocycles. The van der Waals surface area contributed by atoms with Crippen LogP contribution in [0.5, 0.6) is 0 Å². The van der Waals surface area contributed by atoms with Gasteiger partial charge in [-0.2, -0.15) is 0 Å². The van der Waals surface area contributed by atoms with Crippen molar-refractivity contribution >= 4 is 11.8 Å². The second kappa shape index (κ2) is 5.63. The summed E-state index contributed by atoms with van der Waals surface area (Å²) in [6.45, 7) is 0.149. The van der Waals surface area contributed by atoms with Crippen molar-refractivity contribution in [3.63, 3.8) is 0 Å². The summed E-state index contributed by atoms with van der Waals surface area (Å²) in [5.41, 5.74) is 3.10. The monoisotopic (exact) mass is 309 g/mol. The van der Waals surface area contributed by atoms with Gasteiger partial charge in [-0.25, -0.2) is 4.98 Å². The van der Waals surface area contributed by atoms with Gasteiger partial charge in [0.2, 0.25) is 0 Å². The van der Waals surface area contributed by atoms with Gasteiger partial charge in [-0.15, -0.1) is 0 Å². The first-order chi connectivity index (χ1) is 10.9. The highest BCUT2D eigenvalue weighted by Crippen LogP contribution is 2.47. The first kappa shape index (κ1) is 13.6. The van der Waals surface area contributed by atoms with Gasteiger partial charge in [0, 0.05) is 33.9 Å². The number of aryl methyl sites for hydroxylation is 1. The molecule has 1 aliphatic heterocycles. The summed E-state index contributed by atoms with van der Waals surface area (Å²) in [7, 11) is 0. The number of aliphatic hydroxyl groups is 1. The summed E-state index contributed by atoms with van der Waals surface area (Å²) in [6.07, 6.45) is 1.32. The number of fused-ring (bicyclic) bond motifs is 5. The number of aromatic nitrogens is 1. The van der Waals surface area contributed by atoms with Crippen molar-refractivity contribution in [1.82, 2.24) is 4.98 Å². The molecule has 0 fully saturated rings. The van der Waals surface area contributed by atoms with Crippen LogP contribution in [0.1, 0.15) is 12.3 Å². The number of aliphatic hydroxyl groups excluding tert-OH is 1. The van der Waals surface area contributed by atoms with E-state index in [0.717, 1.165) is 22.6 Å². The molecular formula is C18H15NO2S. The number of rotatable bonds is 3. The van der Waals surface area contributed by atoms with Crippen LogP contribution in [0.25, 0.3) is 22.6 Å². The molecule has 3 nitrogen and oxygen atoms in total. The summed E-state index contributed by atoms with van der Waals surface area (Å²) in [6, 6.07) is 16.5. The standard InChI is InChI=1S/C18H15NO2S/c20-11-5-10-16-19-17-12-6-1-3-8-14(12)22-15-9-4-2-7-13(15)18(17)21-16/h1-4,6-9,20H,5,10-11H2. The molecule has 1 aromatic heterocycles. The molecule has 22 heavy (non-hydrogen) atoms. The van der Waals surface area contributed by atoms with E-state index in [-0.39, 0.29) is 6.61 Å². The van der Waals surface area contributed by atoms with Crippen LogP contribution in [-0.2, 0) is 6.42 Å². The minimum Gasteiger partial charge on any atom is -0.440 e. The van der Waals surface area contributed by atoms with Gasteiger partial charge in [-0.1, -0.05) is 48.2 Å². The van der Waals surface area contributed by atoms with Gasteiger partial charge < -0.3 is 9.52 Å². The summed E-state index contributed by atoms with van der Waals surface area (Å²) in [4.78, 5) is 7.07. The van der Waals surface area contributed by atoms with Crippen molar-refractivity contribution in [2.45, 2.75) is 22.6 Å². The van der Waals surface area contributed by atoms with Crippen LogP contribution in [0.15, 0.2) is 62.7 Å². The Morgan fingerprint density at radius 3 is 2.41 bits per heavy atom. The number of hydrogen-bond acceptors (Lipinski definition) is 4. The van der Waals surface area contributed by atoms with E-state index in [9.17, 15) is 0 Å². The number of benzene rings is 2. The second-order valence-electron chi connectivity index (χ2n) is 5.21. The SMILES string of the molecule is OCCCc1nc2c(o1)-c1ccccc1Sc1ccccc1-2. The fourth-order valence-corrected chi connectivity index (χ4v) is 3.76. The van der Waals surface area contributed by atoms with Crippen molar-refractivity contribution in [2.24, 2.45) is 0 Å². The molecule has 2 heterocycles. The number of oxazole rings is 1. The van der Waals surface area contributed by atoms with Gasteiger partial charge in [-0.3, -0.25) is 0 Å². The Morgan fingerprint density at radius 1 is 0.955 bits per heavy atom. The lowest BCUT2D eigenvalue weighted by Crippen LogP contribution is -1.89. The lowest BCUT2D eigenvalue weighted by atomic mass is 10.1. The Bertz CT molecular complexity index is 762. The first-order valence-electron chi connectivity index (χ1n) is 7.34. The first-order valence-corrected chi connectivity index (χ1v) is 8.15. The minimum atomic E-state index is 0.149. The maximum Gasteiger partial charge on any atom is 0.195 e. The maximum absolute atomic E-state index is 9.02. The van der Waals surface area contributed by atoms with E-state index in [1.54, 1.807) is 11.8 Å². The topological polar surface area (TPSA) is 46.3 Å². The highest BCUT2D eigenvalue weighted by Gasteiger charge is 2.24. The molecule has 0 aliphatic carbocycles. The zero-order valence-electron chi connectivity index (χ0n) is 12.0. The van der Waals surface area contributed by atoms with E-state index in [1.165, 1.54) is 9.79 Å². The van der Waals surface area contributed by atoms with Crippen LogP contribution in [0.3, 0.4) is 0 Å². The molecule has 0 spiro atoms. The normalized spacial score (nSPS) is 12.2. The van der Waals surface area contributed by atoms with Gasteiger partial charge in [0.25, 0.3) is 0 Å². The quantitative estimate of drug-likeness (QED) is 0.609. The smallest absolute Gasteiger partial charge is 0.195 e. The van der Waals surface area contributed by atoms with Gasteiger partial charge in [0.15, 0.2) is 11.7 Å². The fraction of sp³-hybridized carbons (Fsp3) is 0.167. The Kier molecular flexibility index (Phi) is 3.48. The van der Waals surface area contributed by atoms with Gasteiger partial charge in [0.05, 0.1) is 0 Å². The lowest BCUT2D eigenvalue weighted by Gasteiger charge is -2.04. The van der Waals surface area contributed by atoms with E-state index in [4.69, 9.17) is 14.5 Å². The summed E-state index contributed by atoms with van der Waals surface area (Å²) in [5, 5.41) is 9.02. The van der Waals surface area contributed by atoms with Crippen LogP contribution in [0.2, 0.25) is 0 Å².